The Kier molecular flexibility index (Phi) is 4.76. The van der Waals surface area contributed by atoms with Crippen LogP contribution in [0.3, 0.4) is 0 Å². The Bertz CT molecular complexity index is 711. The first-order valence-corrected chi connectivity index (χ1v) is 9.07. The van der Waals surface area contributed by atoms with E-state index in [9.17, 15) is 4.79 Å². The molecule has 22 heavy (non-hydrogen) atoms. The maximum absolute atomic E-state index is 12.5. The van der Waals surface area contributed by atoms with Crippen molar-refractivity contribution in [3.8, 4) is 0 Å². The van der Waals surface area contributed by atoms with Crippen LogP contribution in [0.5, 0.6) is 0 Å². The van der Waals surface area contributed by atoms with E-state index in [0.29, 0.717) is 15.7 Å². The molecule has 5 heteroatoms. The van der Waals surface area contributed by atoms with Crippen LogP contribution in [0.4, 0.5) is 5.69 Å². The highest BCUT2D eigenvalue weighted by atomic mass is 35.5. The molecule has 3 rings (SSSR count). The summed E-state index contributed by atoms with van der Waals surface area (Å²) in [5.74, 6) is 0.671. The molecule has 0 saturated heterocycles. The number of nitrogens with one attached hydrogen (secondary N) is 1. The summed E-state index contributed by atoms with van der Waals surface area (Å²) in [5.41, 5.74) is 2.61. The highest BCUT2D eigenvalue weighted by Gasteiger charge is 2.24. The maximum atomic E-state index is 12.5. The fourth-order valence-corrected chi connectivity index (χ4v) is 4.55. The van der Waals surface area contributed by atoms with Gasteiger partial charge in [0.15, 0.2) is 0 Å². The fraction of sp³-hybridized carbons (Fsp3) is 0.353. The van der Waals surface area contributed by atoms with Crippen LogP contribution < -0.4 is 5.32 Å². The van der Waals surface area contributed by atoms with Gasteiger partial charge < -0.3 is 5.32 Å². The van der Waals surface area contributed by atoms with E-state index in [2.05, 4.69) is 12.2 Å². The molecule has 0 fully saturated rings. The molecule has 0 saturated carbocycles. The van der Waals surface area contributed by atoms with Crippen molar-refractivity contribution in [1.82, 2.24) is 0 Å². The minimum Gasteiger partial charge on any atom is -0.321 e. The lowest BCUT2D eigenvalue weighted by Gasteiger charge is -2.21. The summed E-state index contributed by atoms with van der Waals surface area (Å²) in [6.45, 7) is 2.24. The van der Waals surface area contributed by atoms with Gasteiger partial charge in [0, 0.05) is 15.3 Å². The first kappa shape index (κ1) is 15.9. The number of rotatable bonds is 3. The third kappa shape index (κ3) is 3.17. The van der Waals surface area contributed by atoms with Crippen LogP contribution in [0.2, 0.25) is 10.0 Å². The highest BCUT2D eigenvalue weighted by Crippen LogP contribution is 2.35. The quantitative estimate of drug-likeness (QED) is 0.739. The van der Waals surface area contributed by atoms with Gasteiger partial charge in [0.1, 0.15) is 0 Å². The Balaban J connectivity index is 1.80. The number of anilines is 1. The lowest BCUT2D eigenvalue weighted by molar-refractivity contribution is 0.102. The molecule has 0 radical (unpaired) electrons. The second kappa shape index (κ2) is 6.61. The molecule has 1 amide bonds. The number of benzene rings is 1. The van der Waals surface area contributed by atoms with Gasteiger partial charge in [-0.25, -0.2) is 0 Å². The number of halogens is 2. The molecule has 1 aliphatic carbocycles. The molecule has 1 aromatic heterocycles. The summed E-state index contributed by atoms with van der Waals surface area (Å²) < 4.78 is 0. The molecular weight excluding hydrogens is 337 g/mol. The summed E-state index contributed by atoms with van der Waals surface area (Å²) in [6, 6.07) is 5.08. The lowest BCUT2D eigenvalue weighted by Crippen LogP contribution is -2.17. The predicted octanol–water partition coefficient (Wildman–Crippen LogP) is 5.82. The van der Waals surface area contributed by atoms with E-state index in [0.717, 1.165) is 24.3 Å². The van der Waals surface area contributed by atoms with Crippen molar-refractivity contribution in [3.05, 3.63) is 49.6 Å². The Labute approximate surface area is 144 Å². The number of amides is 1. The van der Waals surface area contributed by atoms with Gasteiger partial charge in [0.25, 0.3) is 5.91 Å². The first-order valence-electron chi connectivity index (χ1n) is 7.44. The maximum Gasteiger partial charge on any atom is 0.256 e. The van der Waals surface area contributed by atoms with E-state index in [1.54, 1.807) is 29.5 Å². The van der Waals surface area contributed by atoms with Gasteiger partial charge in [-0.1, -0.05) is 36.5 Å². The van der Waals surface area contributed by atoms with E-state index < -0.39 is 0 Å². The van der Waals surface area contributed by atoms with Crippen molar-refractivity contribution in [2.75, 3.05) is 5.32 Å². The Morgan fingerprint density at radius 3 is 2.95 bits per heavy atom. The summed E-state index contributed by atoms with van der Waals surface area (Å²) in [6.07, 6.45) is 4.47. The molecule has 1 aliphatic rings. The van der Waals surface area contributed by atoms with E-state index >= 15 is 0 Å². The monoisotopic (exact) mass is 353 g/mol. The van der Waals surface area contributed by atoms with Gasteiger partial charge in [-0.2, -0.15) is 0 Å². The fourth-order valence-electron chi connectivity index (χ4n) is 2.90. The summed E-state index contributed by atoms with van der Waals surface area (Å²) in [4.78, 5) is 13.9. The minimum atomic E-state index is -0.0864. The van der Waals surface area contributed by atoms with Crippen molar-refractivity contribution in [2.45, 2.75) is 32.6 Å². The second-order valence-electron chi connectivity index (χ2n) is 5.65. The number of carbonyl (C=O) groups is 1. The van der Waals surface area contributed by atoms with Crippen LogP contribution in [-0.4, -0.2) is 5.91 Å². The normalized spacial score (nSPS) is 17.1. The molecular formula is C17H17Cl2NOS. The van der Waals surface area contributed by atoms with E-state index in [-0.39, 0.29) is 5.91 Å². The Morgan fingerprint density at radius 2 is 2.23 bits per heavy atom. The van der Waals surface area contributed by atoms with Crippen LogP contribution >= 0.6 is 34.5 Å². The molecule has 1 atom stereocenters. The predicted molar refractivity (Wildman–Crippen MR) is 94.5 cm³/mol. The average Bonchev–Trinajstić information content (AvgIpc) is 2.93. The van der Waals surface area contributed by atoms with E-state index in [1.165, 1.54) is 23.3 Å². The zero-order valence-electron chi connectivity index (χ0n) is 12.3. The topological polar surface area (TPSA) is 29.1 Å². The third-order valence-corrected chi connectivity index (χ3v) is 5.86. The molecule has 1 unspecified atom stereocenters. The van der Waals surface area contributed by atoms with Gasteiger partial charge in [-0.3, -0.25) is 4.79 Å². The van der Waals surface area contributed by atoms with Crippen molar-refractivity contribution in [3.63, 3.8) is 0 Å². The smallest absolute Gasteiger partial charge is 0.256 e. The van der Waals surface area contributed by atoms with Crippen molar-refractivity contribution >= 4 is 46.1 Å². The second-order valence-corrected chi connectivity index (χ2v) is 7.45. The minimum absolute atomic E-state index is 0.0864. The number of fused-ring (bicyclic) bond motifs is 1. The number of thiophene rings is 1. The van der Waals surface area contributed by atoms with Crippen molar-refractivity contribution in [1.29, 1.82) is 0 Å². The number of hydrogen-bond acceptors (Lipinski definition) is 2. The lowest BCUT2D eigenvalue weighted by atomic mass is 9.86. The highest BCUT2D eigenvalue weighted by molar-refractivity contribution is 7.10. The number of carbonyl (C=O) groups excluding carboxylic acids is 1. The molecule has 0 bridgehead atoms. The molecule has 1 aromatic carbocycles. The SMILES string of the molecule is CCC1CCc2c(C(=O)Nc3ccc(Cl)cc3Cl)csc2C1. The Morgan fingerprint density at radius 1 is 1.41 bits per heavy atom. The zero-order chi connectivity index (χ0) is 15.7. The summed E-state index contributed by atoms with van der Waals surface area (Å²) >= 11 is 13.7. The Hall–Kier alpha value is -1.03. The largest absolute Gasteiger partial charge is 0.321 e. The van der Waals surface area contributed by atoms with E-state index in [4.69, 9.17) is 23.2 Å². The van der Waals surface area contributed by atoms with Crippen LogP contribution in [0.15, 0.2) is 23.6 Å². The third-order valence-electron chi connectivity index (χ3n) is 4.26. The van der Waals surface area contributed by atoms with Gasteiger partial charge in [0.2, 0.25) is 0 Å². The van der Waals surface area contributed by atoms with Crippen LogP contribution in [-0.2, 0) is 12.8 Å². The van der Waals surface area contributed by atoms with Crippen LogP contribution in [0, 0.1) is 5.92 Å². The average molecular weight is 354 g/mol. The van der Waals surface area contributed by atoms with Gasteiger partial charge in [-0.15, -0.1) is 11.3 Å². The molecule has 2 nitrogen and oxygen atoms in total. The standard InChI is InChI=1S/C17H17Cl2NOS/c1-2-10-3-5-12-13(9-22-16(12)7-10)17(21)20-15-6-4-11(18)8-14(15)19/h4,6,8-10H,2-3,5,7H2,1H3,(H,20,21). The molecule has 116 valence electrons. The zero-order valence-corrected chi connectivity index (χ0v) is 14.6. The van der Waals surface area contributed by atoms with Crippen molar-refractivity contribution < 1.29 is 4.79 Å². The van der Waals surface area contributed by atoms with Crippen LogP contribution in [0.25, 0.3) is 0 Å². The number of hydrogen-bond donors (Lipinski definition) is 1. The molecule has 0 spiro atoms. The van der Waals surface area contributed by atoms with Gasteiger partial charge in [-0.05, 0) is 48.9 Å². The summed E-state index contributed by atoms with van der Waals surface area (Å²) in [5, 5.41) is 5.88. The van der Waals surface area contributed by atoms with Crippen LogP contribution in [0.1, 0.15) is 40.6 Å². The molecule has 0 aliphatic heterocycles. The molecule has 1 heterocycles. The summed E-state index contributed by atoms with van der Waals surface area (Å²) in [7, 11) is 0. The van der Waals surface area contributed by atoms with E-state index in [1.807, 2.05) is 5.38 Å². The van der Waals surface area contributed by atoms with Crippen molar-refractivity contribution in [2.24, 2.45) is 5.92 Å². The van der Waals surface area contributed by atoms with Gasteiger partial charge in [0.05, 0.1) is 16.3 Å². The van der Waals surface area contributed by atoms with Gasteiger partial charge >= 0.3 is 0 Å². The molecule has 1 N–H and O–H groups in total. The molecule has 2 aromatic rings. The first-order chi connectivity index (χ1) is 10.6.